The molecule has 2 N–H and O–H groups in total. The van der Waals surface area contributed by atoms with Crippen molar-refractivity contribution in [1.82, 2.24) is 10.5 Å². The van der Waals surface area contributed by atoms with Crippen molar-refractivity contribution in [2.24, 2.45) is 0 Å². The predicted octanol–water partition coefficient (Wildman–Crippen LogP) is 1.26. The normalized spacial score (nSPS) is 14.8. The number of carbonyl (C=O) groups is 2. The first-order valence-electron chi connectivity index (χ1n) is 5.64. The zero-order valence-corrected chi connectivity index (χ0v) is 9.82. The first-order valence-corrected chi connectivity index (χ1v) is 5.64. The number of rotatable bonds is 5. The summed E-state index contributed by atoms with van der Waals surface area (Å²) in [5, 5.41) is 9.10. The van der Waals surface area contributed by atoms with E-state index in [-0.39, 0.29) is 23.6 Å². The molecule has 6 heteroatoms. The van der Waals surface area contributed by atoms with Crippen molar-refractivity contribution in [3.63, 3.8) is 0 Å². The number of hydrogen-bond donors (Lipinski definition) is 2. The minimum atomic E-state index is -0.323. The van der Waals surface area contributed by atoms with Crippen LogP contribution in [-0.2, 0) is 4.79 Å². The Bertz CT molecular complexity index is 435. The molecule has 0 aromatic carbocycles. The lowest BCUT2D eigenvalue weighted by atomic mass is 10.1. The fourth-order valence-electron chi connectivity index (χ4n) is 1.53. The molecule has 2 rings (SSSR count). The first kappa shape index (κ1) is 11.6. The highest BCUT2D eigenvalue weighted by Crippen LogP contribution is 2.28. The summed E-state index contributed by atoms with van der Waals surface area (Å²) < 4.78 is 5.02. The van der Waals surface area contributed by atoms with Gasteiger partial charge in [-0.2, -0.15) is 0 Å². The predicted molar refractivity (Wildman–Crippen MR) is 60.8 cm³/mol. The molecule has 1 heterocycles. The monoisotopic (exact) mass is 237 g/mol. The second-order valence-electron chi connectivity index (χ2n) is 4.44. The number of nitrogens with one attached hydrogen (secondary N) is 2. The third-order valence-corrected chi connectivity index (χ3v) is 2.59. The number of nitrogens with zero attached hydrogens (tertiary/aromatic N) is 1. The molecule has 0 unspecified atom stereocenters. The average molecular weight is 237 g/mol. The van der Waals surface area contributed by atoms with Crippen LogP contribution in [-0.4, -0.2) is 23.5 Å². The van der Waals surface area contributed by atoms with Gasteiger partial charge >= 0.3 is 0 Å². The van der Waals surface area contributed by atoms with Gasteiger partial charge in [0.1, 0.15) is 11.4 Å². The molecule has 0 saturated heterocycles. The third kappa shape index (κ3) is 2.46. The quantitative estimate of drug-likeness (QED) is 0.755. The van der Waals surface area contributed by atoms with Crippen molar-refractivity contribution >= 4 is 18.0 Å². The van der Waals surface area contributed by atoms with Crippen molar-refractivity contribution in [1.29, 1.82) is 0 Å². The Hall–Kier alpha value is -1.85. The molecule has 1 aromatic heterocycles. The Morgan fingerprint density at radius 2 is 2.24 bits per heavy atom. The molecule has 1 saturated carbocycles. The number of aromatic nitrogens is 1. The Morgan fingerprint density at radius 3 is 2.76 bits per heavy atom. The number of amides is 2. The molecule has 0 spiro atoms. The van der Waals surface area contributed by atoms with Gasteiger partial charge in [0.2, 0.25) is 12.2 Å². The molecule has 0 aliphatic heterocycles. The summed E-state index contributed by atoms with van der Waals surface area (Å²) in [6.07, 6.45) is 2.51. The summed E-state index contributed by atoms with van der Waals surface area (Å²) in [6, 6.07) is 0.235. The van der Waals surface area contributed by atoms with E-state index < -0.39 is 0 Å². The van der Waals surface area contributed by atoms with Crippen LogP contribution in [0, 0.1) is 0 Å². The van der Waals surface area contributed by atoms with Crippen LogP contribution in [0.3, 0.4) is 0 Å². The SMILES string of the molecule is CC(C)c1noc(C(=O)NC2CC2)c1NC=O. The third-order valence-electron chi connectivity index (χ3n) is 2.59. The van der Waals surface area contributed by atoms with Crippen molar-refractivity contribution in [2.45, 2.75) is 38.6 Å². The maximum Gasteiger partial charge on any atom is 0.292 e. The molecule has 2 amide bonds. The molecule has 0 bridgehead atoms. The fraction of sp³-hybridized carbons (Fsp3) is 0.545. The number of hydrogen-bond acceptors (Lipinski definition) is 4. The van der Waals surface area contributed by atoms with Crippen molar-refractivity contribution in [2.75, 3.05) is 5.32 Å². The summed E-state index contributed by atoms with van der Waals surface area (Å²) >= 11 is 0. The standard InChI is InChI=1S/C11H15N3O3/c1-6(2)8-9(12-5-15)10(17-14-8)11(16)13-7-3-4-7/h5-7H,3-4H2,1-2H3,(H,12,15)(H,13,16). The van der Waals surface area contributed by atoms with E-state index >= 15 is 0 Å². The molecule has 17 heavy (non-hydrogen) atoms. The maximum atomic E-state index is 11.8. The van der Waals surface area contributed by atoms with Gasteiger partial charge < -0.3 is 15.2 Å². The van der Waals surface area contributed by atoms with E-state index in [1.54, 1.807) is 0 Å². The number of anilines is 1. The lowest BCUT2D eigenvalue weighted by Gasteiger charge is -2.04. The smallest absolute Gasteiger partial charge is 0.292 e. The van der Waals surface area contributed by atoms with Gasteiger partial charge in [-0.3, -0.25) is 9.59 Å². The Kier molecular flexibility index (Phi) is 3.12. The molecular formula is C11H15N3O3. The molecule has 0 atom stereocenters. The van der Waals surface area contributed by atoms with Gasteiger partial charge in [-0.05, 0) is 12.8 Å². The Balaban J connectivity index is 2.24. The summed E-state index contributed by atoms with van der Waals surface area (Å²) in [5.41, 5.74) is 0.950. The minimum absolute atomic E-state index is 0.0728. The van der Waals surface area contributed by atoms with E-state index in [1.807, 2.05) is 13.8 Å². The van der Waals surface area contributed by atoms with Crippen molar-refractivity contribution in [3.05, 3.63) is 11.5 Å². The average Bonchev–Trinajstić information content (AvgIpc) is 2.96. The van der Waals surface area contributed by atoms with Crippen LogP contribution in [0.1, 0.15) is 48.9 Å². The zero-order valence-electron chi connectivity index (χ0n) is 9.82. The Labute approximate surface area is 98.7 Å². The van der Waals surface area contributed by atoms with Crippen LogP contribution in [0.5, 0.6) is 0 Å². The fourth-order valence-corrected chi connectivity index (χ4v) is 1.53. The van der Waals surface area contributed by atoms with Crippen molar-refractivity contribution in [3.8, 4) is 0 Å². The lowest BCUT2D eigenvalue weighted by molar-refractivity contribution is -0.105. The maximum absolute atomic E-state index is 11.8. The summed E-state index contributed by atoms with van der Waals surface area (Å²) in [5.74, 6) is -0.173. The van der Waals surface area contributed by atoms with Gasteiger partial charge in [0, 0.05) is 12.0 Å². The van der Waals surface area contributed by atoms with E-state index in [1.165, 1.54) is 0 Å². The molecular weight excluding hydrogens is 222 g/mol. The van der Waals surface area contributed by atoms with Crippen LogP contribution in [0.4, 0.5) is 5.69 Å². The highest BCUT2D eigenvalue weighted by molar-refractivity contribution is 5.99. The highest BCUT2D eigenvalue weighted by atomic mass is 16.5. The minimum Gasteiger partial charge on any atom is -0.348 e. The van der Waals surface area contributed by atoms with E-state index in [0.717, 1.165) is 12.8 Å². The van der Waals surface area contributed by atoms with Crippen LogP contribution in [0.15, 0.2) is 4.52 Å². The van der Waals surface area contributed by atoms with Crippen LogP contribution in [0.25, 0.3) is 0 Å². The van der Waals surface area contributed by atoms with E-state index in [2.05, 4.69) is 15.8 Å². The van der Waals surface area contributed by atoms with Crippen LogP contribution in [0.2, 0.25) is 0 Å². The van der Waals surface area contributed by atoms with Crippen LogP contribution >= 0.6 is 0 Å². The second kappa shape index (κ2) is 4.57. The number of carbonyl (C=O) groups excluding carboxylic acids is 2. The Morgan fingerprint density at radius 1 is 1.53 bits per heavy atom. The molecule has 6 nitrogen and oxygen atoms in total. The first-order chi connectivity index (χ1) is 8.13. The summed E-state index contributed by atoms with van der Waals surface area (Å²) in [4.78, 5) is 22.4. The lowest BCUT2D eigenvalue weighted by Crippen LogP contribution is -2.25. The molecule has 1 fully saturated rings. The van der Waals surface area contributed by atoms with Gasteiger partial charge in [-0.1, -0.05) is 19.0 Å². The van der Waals surface area contributed by atoms with E-state index in [4.69, 9.17) is 4.52 Å². The summed E-state index contributed by atoms with van der Waals surface area (Å²) in [7, 11) is 0. The second-order valence-corrected chi connectivity index (χ2v) is 4.44. The van der Waals surface area contributed by atoms with Gasteiger partial charge in [0.05, 0.1) is 0 Å². The van der Waals surface area contributed by atoms with Gasteiger partial charge in [-0.15, -0.1) is 0 Å². The molecule has 92 valence electrons. The molecule has 1 aliphatic carbocycles. The van der Waals surface area contributed by atoms with Gasteiger partial charge in [-0.25, -0.2) is 0 Å². The van der Waals surface area contributed by atoms with Gasteiger partial charge in [0.25, 0.3) is 5.91 Å². The van der Waals surface area contributed by atoms with E-state index in [0.29, 0.717) is 17.8 Å². The van der Waals surface area contributed by atoms with Crippen LogP contribution < -0.4 is 10.6 Å². The largest absolute Gasteiger partial charge is 0.348 e. The molecule has 1 aliphatic rings. The zero-order chi connectivity index (χ0) is 12.4. The summed E-state index contributed by atoms with van der Waals surface area (Å²) in [6.45, 7) is 3.83. The van der Waals surface area contributed by atoms with Gasteiger partial charge in [0.15, 0.2) is 0 Å². The van der Waals surface area contributed by atoms with Crippen molar-refractivity contribution < 1.29 is 14.1 Å². The highest BCUT2D eigenvalue weighted by Gasteiger charge is 2.29. The molecule has 1 aromatic rings. The van der Waals surface area contributed by atoms with E-state index in [9.17, 15) is 9.59 Å². The topological polar surface area (TPSA) is 84.2 Å². The molecule has 0 radical (unpaired) electrons.